The van der Waals surface area contributed by atoms with Gasteiger partial charge in [-0.2, -0.15) is 5.10 Å². The first-order chi connectivity index (χ1) is 14.9. The van der Waals surface area contributed by atoms with Crippen LogP contribution in [-0.4, -0.2) is 70.1 Å². The smallest absolute Gasteiger partial charge is 0.306 e. The van der Waals surface area contributed by atoms with Crippen LogP contribution < -0.4 is 10.2 Å². The molecule has 0 saturated carbocycles. The molecule has 3 saturated heterocycles. The molecule has 3 amide bonds. The zero-order valence-electron chi connectivity index (χ0n) is 17.7. The molecule has 1 aromatic heterocycles. The lowest BCUT2D eigenvalue weighted by Gasteiger charge is -2.36. The second-order valence-corrected chi connectivity index (χ2v) is 8.52. The Morgan fingerprint density at radius 1 is 0.938 bits per heavy atom. The van der Waals surface area contributed by atoms with E-state index in [4.69, 9.17) is 5.11 Å². The minimum absolute atomic E-state index is 0. The number of hydrogen-bond acceptors (Lipinski definition) is 7. The molecule has 0 spiro atoms. The maximum Gasteiger partial charge on any atom is 0.306 e. The van der Waals surface area contributed by atoms with Gasteiger partial charge < -0.3 is 14.9 Å². The van der Waals surface area contributed by atoms with Crippen LogP contribution in [0.4, 0.5) is 5.82 Å². The lowest BCUT2D eigenvalue weighted by molar-refractivity contribution is -0.147. The van der Waals surface area contributed by atoms with Crippen LogP contribution in [-0.2, 0) is 19.2 Å². The molecule has 0 radical (unpaired) electrons. The summed E-state index contributed by atoms with van der Waals surface area (Å²) in [6.45, 7) is 2.41. The molecule has 3 aliphatic rings. The number of aromatic nitrogens is 2. The van der Waals surface area contributed by atoms with Gasteiger partial charge in [0.1, 0.15) is 0 Å². The molecule has 0 aromatic carbocycles. The van der Waals surface area contributed by atoms with Gasteiger partial charge >= 0.3 is 5.97 Å². The SMILES string of the molecule is Cl.O=C1CCC(c2ccc(N3CCC(C(=O)N4CCC(C(=O)O)CC4)CC3)nn2)C(=O)N1. The second-order valence-electron chi connectivity index (χ2n) is 8.52. The van der Waals surface area contributed by atoms with Crippen molar-refractivity contribution in [2.24, 2.45) is 11.8 Å². The van der Waals surface area contributed by atoms with Crippen LogP contribution in [0.3, 0.4) is 0 Å². The number of carbonyl (C=O) groups excluding carboxylic acids is 3. The average Bonchev–Trinajstić information content (AvgIpc) is 2.79. The van der Waals surface area contributed by atoms with Crippen LogP contribution in [0.2, 0.25) is 0 Å². The Hall–Kier alpha value is -2.75. The molecule has 1 atom stereocenters. The van der Waals surface area contributed by atoms with Crippen LogP contribution in [0.5, 0.6) is 0 Å². The number of likely N-dealkylation sites (tertiary alicyclic amines) is 1. The van der Waals surface area contributed by atoms with Gasteiger partial charge in [0.05, 0.1) is 17.5 Å². The zero-order valence-corrected chi connectivity index (χ0v) is 18.6. The molecule has 4 rings (SSSR count). The van der Waals surface area contributed by atoms with Crippen molar-refractivity contribution in [2.75, 3.05) is 31.1 Å². The van der Waals surface area contributed by atoms with Gasteiger partial charge in [-0.3, -0.25) is 24.5 Å². The number of carboxylic acid groups (broad SMARTS) is 1. The predicted molar refractivity (Wildman–Crippen MR) is 116 cm³/mol. The molecule has 1 unspecified atom stereocenters. The Morgan fingerprint density at radius 3 is 2.16 bits per heavy atom. The summed E-state index contributed by atoms with van der Waals surface area (Å²) in [5.41, 5.74) is 0.559. The van der Waals surface area contributed by atoms with E-state index in [1.54, 1.807) is 6.07 Å². The third kappa shape index (κ3) is 5.17. The Morgan fingerprint density at radius 2 is 1.59 bits per heavy atom. The number of aliphatic carboxylic acids is 1. The van der Waals surface area contributed by atoms with Crippen molar-refractivity contribution in [3.8, 4) is 0 Å². The number of carbonyl (C=O) groups is 4. The maximum atomic E-state index is 12.8. The fourth-order valence-corrected chi connectivity index (χ4v) is 4.63. The fourth-order valence-electron chi connectivity index (χ4n) is 4.63. The lowest BCUT2D eigenvalue weighted by Crippen LogP contribution is -2.46. The highest BCUT2D eigenvalue weighted by Gasteiger charge is 2.33. The Bertz CT molecular complexity index is 864. The van der Waals surface area contributed by atoms with Crippen molar-refractivity contribution in [3.05, 3.63) is 17.8 Å². The van der Waals surface area contributed by atoms with Crippen molar-refractivity contribution in [1.29, 1.82) is 0 Å². The number of nitrogens with zero attached hydrogens (tertiary/aromatic N) is 4. The minimum Gasteiger partial charge on any atom is -0.481 e. The Labute approximate surface area is 192 Å². The third-order valence-corrected chi connectivity index (χ3v) is 6.59. The fraction of sp³-hybridized carbons (Fsp3) is 0.619. The van der Waals surface area contributed by atoms with E-state index in [0.29, 0.717) is 76.2 Å². The van der Waals surface area contributed by atoms with E-state index in [1.165, 1.54) is 0 Å². The van der Waals surface area contributed by atoms with Gasteiger partial charge in [0, 0.05) is 38.5 Å². The molecule has 4 heterocycles. The van der Waals surface area contributed by atoms with E-state index < -0.39 is 11.9 Å². The molecular formula is C21H28ClN5O5. The average molecular weight is 466 g/mol. The van der Waals surface area contributed by atoms with Gasteiger partial charge in [0.25, 0.3) is 0 Å². The number of hydrogen-bond donors (Lipinski definition) is 2. The molecule has 3 fully saturated rings. The number of rotatable bonds is 4. The highest BCUT2D eigenvalue weighted by molar-refractivity contribution is 6.00. The van der Waals surface area contributed by atoms with Crippen molar-refractivity contribution >= 4 is 41.9 Å². The van der Waals surface area contributed by atoms with Crippen LogP contribution in [0.15, 0.2) is 12.1 Å². The van der Waals surface area contributed by atoms with Gasteiger partial charge in [-0.1, -0.05) is 0 Å². The van der Waals surface area contributed by atoms with Gasteiger partial charge in [-0.15, -0.1) is 17.5 Å². The normalized spacial score (nSPS) is 22.8. The van der Waals surface area contributed by atoms with Gasteiger partial charge in [0.15, 0.2) is 5.82 Å². The summed E-state index contributed by atoms with van der Waals surface area (Å²) in [7, 11) is 0. The lowest BCUT2D eigenvalue weighted by atomic mass is 9.92. The van der Waals surface area contributed by atoms with E-state index in [0.717, 1.165) is 0 Å². The van der Waals surface area contributed by atoms with E-state index in [1.807, 2.05) is 11.0 Å². The third-order valence-electron chi connectivity index (χ3n) is 6.59. The molecule has 2 N–H and O–H groups in total. The molecule has 10 nitrogen and oxygen atoms in total. The molecule has 1 aromatic rings. The molecule has 0 aliphatic carbocycles. The van der Waals surface area contributed by atoms with Crippen LogP contribution >= 0.6 is 12.4 Å². The van der Waals surface area contributed by atoms with E-state index in [2.05, 4.69) is 20.4 Å². The Balaban J connectivity index is 0.00000289. The largest absolute Gasteiger partial charge is 0.481 e. The van der Waals surface area contributed by atoms with Crippen LogP contribution in [0, 0.1) is 11.8 Å². The number of halogens is 1. The predicted octanol–water partition coefficient (Wildman–Crippen LogP) is 0.958. The van der Waals surface area contributed by atoms with Crippen molar-refractivity contribution < 1.29 is 24.3 Å². The van der Waals surface area contributed by atoms with Crippen molar-refractivity contribution in [2.45, 2.75) is 44.4 Å². The first kappa shape index (κ1) is 23.9. The summed E-state index contributed by atoms with van der Waals surface area (Å²) >= 11 is 0. The summed E-state index contributed by atoms with van der Waals surface area (Å²) in [5.74, 6) is -1.36. The summed E-state index contributed by atoms with van der Waals surface area (Å²) in [6, 6.07) is 3.62. The molecule has 0 bridgehead atoms. The highest BCUT2D eigenvalue weighted by Crippen LogP contribution is 2.27. The number of piperidine rings is 3. The standard InChI is InChI=1S/C21H27N5O5.ClH/c27-18-4-1-15(19(28)22-18)16-2-3-17(24-23-16)25-9-5-13(6-10-25)20(29)26-11-7-14(8-12-26)21(30)31;/h2-3,13-15H,1,4-12H2,(H,30,31)(H,22,27,28);1H. The van der Waals surface area contributed by atoms with Crippen molar-refractivity contribution in [3.63, 3.8) is 0 Å². The molecule has 3 aliphatic heterocycles. The quantitative estimate of drug-likeness (QED) is 0.628. The first-order valence-corrected chi connectivity index (χ1v) is 10.9. The minimum atomic E-state index is -0.773. The number of amides is 3. The molecule has 32 heavy (non-hydrogen) atoms. The number of nitrogens with one attached hydrogen (secondary N) is 1. The van der Waals surface area contributed by atoms with E-state index in [-0.39, 0.29) is 42.0 Å². The molecule has 11 heteroatoms. The van der Waals surface area contributed by atoms with E-state index >= 15 is 0 Å². The molecule has 174 valence electrons. The number of anilines is 1. The zero-order chi connectivity index (χ0) is 22.0. The summed E-state index contributed by atoms with van der Waals surface area (Å²) < 4.78 is 0. The summed E-state index contributed by atoms with van der Waals surface area (Å²) in [5, 5.41) is 19.9. The molecular weight excluding hydrogens is 438 g/mol. The highest BCUT2D eigenvalue weighted by atomic mass is 35.5. The van der Waals surface area contributed by atoms with Gasteiger partial charge in [0.2, 0.25) is 17.7 Å². The summed E-state index contributed by atoms with van der Waals surface area (Å²) in [6.07, 6.45) is 3.22. The van der Waals surface area contributed by atoms with E-state index in [9.17, 15) is 19.2 Å². The van der Waals surface area contributed by atoms with Crippen LogP contribution in [0.1, 0.15) is 50.1 Å². The second kappa shape index (κ2) is 10.2. The first-order valence-electron chi connectivity index (χ1n) is 10.9. The number of carboxylic acids is 1. The summed E-state index contributed by atoms with van der Waals surface area (Å²) in [4.78, 5) is 51.1. The van der Waals surface area contributed by atoms with Gasteiger partial charge in [-0.25, -0.2) is 0 Å². The van der Waals surface area contributed by atoms with Gasteiger partial charge in [-0.05, 0) is 44.2 Å². The Kier molecular flexibility index (Phi) is 7.65. The topological polar surface area (TPSA) is 133 Å². The monoisotopic (exact) mass is 465 g/mol. The number of imide groups is 1. The van der Waals surface area contributed by atoms with Crippen molar-refractivity contribution in [1.82, 2.24) is 20.4 Å². The maximum absolute atomic E-state index is 12.8. The van der Waals surface area contributed by atoms with Crippen LogP contribution in [0.25, 0.3) is 0 Å².